The molecule has 0 atom stereocenters. The summed E-state index contributed by atoms with van der Waals surface area (Å²) in [5.41, 5.74) is 1.22. The highest BCUT2D eigenvalue weighted by molar-refractivity contribution is 6.07. The van der Waals surface area contributed by atoms with Gasteiger partial charge in [0, 0.05) is 24.3 Å². The number of rotatable bonds is 10. The van der Waals surface area contributed by atoms with Crippen LogP contribution >= 0.6 is 0 Å². The number of fused-ring (bicyclic) bond motifs is 1. The molecule has 0 spiro atoms. The number of hydrogen-bond acceptors (Lipinski definition) is 7. The minimum absolute atomic E-state index is 0.0685. The number of likely N-dealkylation sites (tertiary alicyclic amines) is 1. The van der Waals surface area contributed by atoms with Crippen LogP contribution in [0.3, 0.4) is 0 Å². The van der Waals surface area contributed by atoms with Crippen LogP contribution in [-0.2, 0) is 9.59 Å². The van der Waals surface area contributed by atoms with E-state index in [1.54, 1.807) is 35.2 Å². The molecule has 2 heterocycles. The summed E-state index contributed by atoms with van der Waals surface area (Å²) in [5.74, 6) is 0.962. The zero-order valence-corrected chi connectivity index (χ0v) is 22.2. The fourth-order valence-corrected chi connectivity index (χ4v) is 4.55. The smallest absolute Gasteiger partial charge is 0.265 e. The lowest BCUT2D eigenvalue weighted by atomic mass is 10.1. The lowest BCUT2D eigenvalue weighted by molar-refractivity contribution is -0.132. The number of anilines is 2. The van der Waals surface area contributed by atoms with Crippen LogP contribution in [0, 0.1) is 0 Å². The highest BCUT2D eigenvalue weighted by Crippen LogP contribution is 2.40. The molecule has 38 heavy (non-hydrogen) atoms. The van der Waals surface area contributed by atoms with Gasteiger partial charge < -0.3 is 29.2 Å². The number of nitrogens with one attached hydrogen (secondary N) is 1. The van der Waals surface area contributed by atoms with E-state index in [2.05, 4.69) is 5.32 Å². The maximum absolute atomic E-state index is 13.3. The summed E-state index contributed by atoms with van der Waals surface area (Å²) >= 11 is 0. The van der Waals surface area contributed by atoms with Crippen molar-refractivity contribution in [1.82, 2.24) is 4.90 Å². The monoisotopic (exact) mass is 525 g/mol. The molecular formula is C28H35N3O7. The Morgan fingerprint density at radius 3 is 2.21 bits per heavy atom. The second kappa shape index (κ2) is 12.5. The molecule has 10 heteroatoms. The number of piperidine rings is 1. The first-order valence-electron chi connectivity index (χ1n) is 13.2. The van der Waals surface area contributed by atoms with Gasteiger partial charge in [-0.25, -0.2) is 0 Å². The first kappa shape index (κ1) is 27.1. The summed E-state index contributed by atoms with van der Waals surface area (Å²) in [6.45, 7) is 7.95. The molecule has 10 nitrogen and oxygen atoms in total. The van der Waals surface area contributed by atoms with Crippen LogP contribution in [0.25, 0.3) is 0 Å². The van der Waals surface area contributed by atoms with E-state index in [-0.39, 0.29) is 25.0 Å². The summed E-state index contributed by atoms with van der Waals surface area (Å²) < 4.78 is 22.8. The van der Waals surface area contributed by atoms with Gasteiger partial charge in [0.1, 0.15) is 12.3 Å². The van der Waals surface area contributed by atoms with Crippen LogP contribution in [0.4, 0.5) is 11.4 Å². The van der Waals surface area contributed by atoms with E-state index in [1.165, 1.54) is 4.90 Å². The maximum atomic E-state index is 13.3. The molecule has 0 aliphatic carbocycles. The Kier molecular flexibility index (Phi) is 8.93. The fourth-order valence-electron chi connectivity index (χ4n) is 4.55. The molecular weight excluding hydrogens is 490 g/mol. The molecule has 0 unspecified atom stereocenters. The number of benzene rings is 2. The fraction of sp³-hybridized carbons (Fsp3) is 0.464. The molecule has 3 amide bonds. The number of hydrogen-bond donors (Lipinski definition) is 1. The van der Waals surface area contributed by atoms with Crippen molar-refractivity contribution in [3.05, 3.63) is 35.9 Å². The second-order valence-corrected chi connectivity index (χ2v) is 8.95. The van der Waals surface area contributed by atoms with Crippen molar-refractivity contribution in [2.45, 2.75) is 40.0 Å². The summed E-state index contributed by atoms with van der Waals surface area (Å²) in [4.78, 5) is 42.1. The molecule has 2 aromatic carbocycles. The largest absolute Gasteiger partial charge is 0.490 e. The van der Waals surface area contributed by atoms with Gasteiger partial charge in [0.25, 0.3) is 11.8 Å². The standard InChI is InChI=1S/C28H35N3O7/c1-4-35-23-14-19(15-24(36-5-2)27(23)37-6-3)28(34)29-20-10-11-22-21(16-20)31(26(33)18-38-22)17-25(32)30-12-8-7-9-13-30/h10-11,14-16H,4-9,12-13,17-18H2,1-3H3,(H,29,34). The van der Waals surface area contributed by atoms with Gasteiger partial charge in [-0.1, -0.05) is 0 Å². The lowest BCUT2D eigenvalue weighted by Crippen LogP contribution is -2.47. The maximum Gasteiger partial charge on any atom is 0.265 e. The number of carbonyl (C=O) groups excluding carboxylic acids is 3. The molecule has 0 aromatic heterocycles. The minimum atomic E-state index is -0.395. The number of ether oxygens (including phenoxy) is 4. The molecule has 0 saturated carbocycles. The Hall–Kier alpha value is -3.95. The van der Waals surface area contributed by atoms with E-state index >= 15 is 0 Å². The molecule has 2 aromatic rings. The lowest BCUT2D eigenvalue weighted by Gasteiger charge is -2.33. The Bertz CT molecular complexity index is 1150. The first-order chi connectivity index (χ1) is 18.4. The highest BCUT2D eigenvalue weighted by Gasteiger charge is 2.30. The van der Waals surface area contributed by atoms with E-state index in [4.69, 9.17) is 18.9 Å². The van der Waals surface area contributed by atoms with Gasteiger partial charge in [-0.05, 0) is 70.4 Å². The molecule has 2 aliphatic heterocycles. The first-order valence-corrected chi connectivity index (χ1v) is 13.2. The van der Waals surface area contributed by atoms with Crippen molar-refractivity contribution in [2.75, 3.05) is 56.3 Å². The van der Waals surface area contributed by atoms with Gasteiger partial charge >= 0.3 is 0 Å². The topological polar surface area (TPSA) is 107 Å². The van der Waals surface area contributed by atoms with Gasteiger partial charge in [0.05, 0.1) is 25.5 Å². The van der Waals surface area contributed by atoms with Gasteiger partial charge in [-0.3, -0.25) is 19.3 Å². The minimum Gasteiger partial charge on any atom is -0.490 e. The van der Waals surface area contributed by atoms with Crippen LogP contribution in [0.2, 0.25) is 0 Å². The average Bonchev–Trinajstić information content (AvgIpc) is 2.92. The van der Waals surface area contributed by atoms with E-state index in [0.717, 1.165) is 19.3 Å². The Balaban J connectivity index is 1.57. The molecule has 204 valence electrons. The average molecular weight is 526 g/mol. The number of amides is 3. The van der Waals surface area contributed by atoms with E-state index < -0.39 is 5.91 Å². The van der Waals surface area contributed by atoms with Crippen molar-refractivity contribution in [1.29, 1.82) is 0 Å². The van der Waals surface area contributed by atoms with Crippen molar-refractivity contribution < 1.29 is 33.3 Å². The van der Waals surface area contributed by atoms with E-state index in [9.17, 15) is 14.4 Å². The van der Waals surface area contributed by atoms with Gasteiger partial charge in [-0.15, -0.1) is 0 Å². The molecule has 0 radical (unpaired) electrons. The molecule has 1 fully saturated rings. The van der Waals surface area contributed by atoms with Crippen LogP contribution in [0.1, 0.15) is 50.4 Å². The molecule has 1 N–H and O–H groups in total. The normalized spacial score (nSPS) is 14.9. The Labute approximate surface area is 222 Å². The Morgan fingerprint density at radius 2 is 1.58 bits per heavy atom. The van der Waals surface area contributed by atoms with Crippen molar-refractivity contribution in [2.24, 2.45) is 0 Å². The van der Waals surface area contributed by atoms with E-state index in [1.807, 2.05) is 20.8 Å². The van der Waals surface area contributed by atoms with Gasteiger partial charge in [0.15, 0.2) is 18.1 Å². The predicted octanol–water partition coefficient (Wildman–Crippen LogP) is 3.87. The molecule has 2 aliphatic rings. The number of carbonyl (C=O) groups is 3. The van der Waals surface area contributed by atoms with E-state index in [0.29, 0.717) is 72.8 Å². The van der Waals surface area contributed by atoms with Crippen LogP contribution in [-0.4, -0.2) is 68.7 Å². The Morgan fingerprint density at radius 1 is 0.921 bits per heavy atom. The summed E-state index contributed by atoms with van der Waals surface area (Å²) in [6.07, 6.45) is 3.05. The third-order valence-electron chi connectivity index (χ3n) is 6.33. The van der Waals surface area contributed by atoms with Crippen molar-refractivity contribution in [3.8, 4) is 23.0 Å². The second-order valence-electron chi connectivity index (χ2n) is 8.95. The zero-order valence-electron chi connectivity index (χ0n) is 22.2. The van der Waals surface area contributed by atoms with Crippen molar-refractivity contribution >= 4 is 29.1 Å². The SMILES string of the molecule is CCOc1cc(C(=O)Nc2ccc3c(c2)N(CC(=O)N2CCCCC2)C(=O)CO3)cc(OCC)c1OCC. The van der Waals surface area contributed by atoms with Gasteiger partial charge in [-0.2, -0.15) is 0 Å². The molecule has 1 saturated heterocycles. The van der Waals surface area contributed by atoms with Gasteiger partial charge in [0.2, 0.25) is 11.7 Å². The molecule has 4 rings (SSSR count). The highest BCUT2D eigenvalue weighted by atomic mass is 16.5. The number of nitrogens with zero attached hydrogens (tertiary/aromatic N) is 2. The summed E-state index contributed by atoms with van der Waals surface area (Å²) in [6, 6.07) is 8.25. The predicted molar refractivity (Wildman–Crippen MR) is 143 cm³/mol. The van der Waals surface area contributed by atoms with Crippen LogP contribution in [0.15, 0.2) is 30.3 Å². The zero-order chi connectivity index (χ0) is 27.1. The van der Waals surface area contributed by atoms with Crippen LogP contribution < -0.4 is 29.2 Å². The summed E-state index contributed by atoms with van der Waals surface area (Å²) in [5, 5.41) is 2.87. The van der Waals surface area contributed by atoms with Crippen LogP contribution in [0.5, 0.6) is 23.0 Å². The third-order valence-corrected chi connectivity index (χ3v) is 6.33. The third kappa shape index (κ3) is 6.12. The molecule has 0 bridgehead atoms. The summed E-state index contributed by atoms with van der Waals surface area (Å²) in [7, 11) is 0. The van der Waals surface area contributed by atoms with Crippen molar-refractivity contribution in [3.63, 3.8) is 0 Å². The quantitative estimate of drug-likeness (QED) is 0.502.